The van der Waals surface area contributed by atoms with Gasteiger partial charge in [-0.1, -0.05) is 24.3 Å². The minimum Gasteiger partial charge on any atom is -0.398 e. The van der Waals surface area contributed by atoms with Gasteiger partial charge in [0, 0.05) is 22.3 Å². The summed E-state index contributed by atoms with van der Waals surface area (Å²) >= 11 is 0. The Kier molecular flexibility index (Phi) is 2.72. The summed E-state index contributed by atoms with van der Waals surface area (Å²) in [6, 6.07) is 8.29. The lowest BCUT2D eigenvalue weighted by Gasteiger charge is -2.18. The van der Waals surface area contributed by atoms with E-state index < -0.39 is 26.6 Å². The van der Waals surface area contributed by atoms with Gasteiger partial charge in [-0.15, -0.1) is 0 Å². The molecule has 7 heteroatoms. The highest BCUT2D eigenvalue weighted by Gasteiger charge is 2.31. The highest BCUT2D eigenvalue weighted by Crippen LogP contribution is 2.31. The summed E-state index contributed by atoms with van der Waals surface area (Å²) < 4.78 is 31.6. The van der Waals surface area contributed by atoms with Crippen molar-refractivity contribution in [3.63, 3.8) is 0 Å². The zero-order valence-corrected chi connectivity index (χ0v) is 11.3. The summed E-state index contributed by atoms with van der Waals surface area (Å²) in [5.41, 5.74) is 5.66. The second-order valence-corrected chi connectivity index (χ2v) is 6.00. The zero-order valence-electron chi connectivity index (χ0n) is 10.5. The number of hydrogen-bond donors (Lipinski definition) is 2. The fraction of sp³-hybridized carbons (Fsp3) is 0. The standard InChI is InChI=1S/C14H9NO5S/c15-11-5-9-10(6-12(11)21(18,19)20)14(17)8-4-2-1-3-7(8)13(9)16/h1-6H,15H2,(H,18,19,20). The predicted molar refractivity (Wildman–Crippen MR) is 74.0 cm³/mol. The molecule has 0 heterocycles. The molecule has 0 bridgehead atoms. The molecule has 1 aliphatic carbocycles. The van der Waals surface area contributed by atoms with Crippen molar-refractivity contribution < 1.29 is 22.6 Å². The molecular weight excluding hydrogens is 294 g/mol. The Morgan fingerprint density at radius 2 is 1.33 bits per heavy atom. The summed E-state index contributed by atoms with van der Waals surface area (Å²) in [5, 5.41) is 0. The van der Waals surface area contributed by atoms with Gasteiger partial charge in [-0.2, -0.15) is 8.42 Å². The van der Waals surface area contributed by atoms with Crippen molar-refractivity contribution in [1.82, 2.24) is 0 Å². The van der Waals surface area contributed by atoms with Gasteiger partial charge in [-0.3, -0.25) is 14.1 Å². The van der Waals surface area contributed by atoms with E-state index in [0.717, 1.165) is 12.1 Å². The number of rotatable bonds is 1. The van der Waals surface area contributed by atoms with Crippen LogP contribution in [0.15, 0.2) is 41.3 Å². The number of fused-ring (bicyclic) bond motifs is 2. The SMILES string of the molecule is Nc1cc2c(cc1S(=O)(=O)O)C(=O)c1ccccc1C2=O. The van der Waals surface area contributed by atoms with E-state index in [1.807, 2.05) is 0 Å². The average Bonchev–Trinajstić information content (AvgIpc) is 2.43. The van der Waals surface area contributed by atoms with E-state index in [0.29, 0.717) is 0 Å². The molecule has 0 radical (unpaired) electrons. The zero-order chi connectivity index (χ0) is 15.4. The Morgan fingerprint density at radius 1 is 0.857 bits per heavy atom. The van der Waals surface area contributed by atoms with Crippen molar-refractivity contribution in [2.24, 2.45) is 0 Å². The van der Waals surface area contributed by atoms with Crippen LogP contribution in [0, 0.1) is 0 Å². The number of hydrogen-bond acceptors (Lipinski definition) is 5. The quantitative estimate of drug-likeness (QED) is 0.517. The highest BCUT2D eigenvalue weighted by atomic mass is 32.2. The molecule has 6 nitrogen and oxygen atoms in total. The minimum absolute atomic E-state index is 0.0311. The first-order valence-electron chi connectivity index (χ1n) is 5.90. The summed E-state index contributed by atoms with van der Waals surface area (Å²) in [5.74, 6) is -0.890. The first-order chi connectivity index (χ1) is 9.80. The predicted octanol–water partition coefficient (Wildman–Crippen LogP) is 1.29. The van der Waals surface area contributed by atoms with Crippen LogP contribution >= 0.6 is 0 Å². The number of nitrogen functional groups attached to an aromatic ring is 1. The number of ketones is 2. The van der Waals surface area contributed by atoms with E-state index in [2.05, 4.69) is 0 Å². The molecule has 1 aliphatic rings. The molecule has 0 aromatic heterocycles. The van der Waals surface area contributed by atoms with E-state index >= 15 is 0 Å². The van der Waals surface area contributed by atoms with Gasteiger partial charge in [0.1, 0.15) is 4.90 Å². The highest BCUT2D eigenvalue weighted by molar-refractivity contribution is 7.86. The second kappa shape index (κ2) is 4.24. The Morgan fingerprint density at radius 3 is 1.81 bits per heavy atom. The summed E-state index contributed by atoms with van der Waals surface area (Å²) in [7, 11) is -4.57. The molecular formula is C14H9NO5S. The number of benzene rings is 2. The lowest BCUT2D eigenvalue weighted by atomic mass is 9.84. The van der Waals surface area contributed by atoms with Gasteiger partial charge >= 0.3 is 0 Å². The van der Waals surface area contributed by atoms with Crippen LogP contribution in [0.1, 0.15) is 31.8 Å². The number of anilines is 1. The van der Waals surface area contributed by atoms with Gasteiger partial charge in [-0.25, -0.2) is 0 Å². The first-order valence-corrected chi connectivity index (χ1v) is 7.34. The van der Waals surface area contributed by atoms with Crippen LogP contribution in [0.25, 0.3) is 0 Å². The Labute approximate surface area is 120 Å². The molecule has 0 saturated carbocycles. The molecule has 0 atom stereocenters. The third kappa shape index (κ3) is 1.94. The maximum absolute atomic E-state index is 12.4. The second-order valence-electron chi connectivity index (χ2n) is 4.61. The van der Waals surface area contributed by atoms with Gasteiger partial charge in [0.25, 0.3) is 10.1 Å². The van der Waals surface area contributed by atoms with Crippen molar-refractivity contribution in [2.45, 2.75) is 4.90 Å². The molecule has 2 aromatic rings. The molecule has 3 rings (SSSR count). The molecule has 0 saturated heterocycles. The Bertz CT molecular complexity index is 915. The molecule has 3 N–H and O–H groups in total. The third-order valence-corrected chi connectivity index (χ3v) is 4.24. The van der Waals surface area contributed by atoms with Crippen LogP contribution in [0.4, 0.5) is 5.69 Å². The molecule has 21 heavy (non-hydrogen) atoms. The largest absolute Gasteiger partial charge is 0.398 e. The molecule has 0 spiro atoms. The number of carbonyl (C=O) groups is 2. The molecule has 106 valence electrons. The van der Waals surface area contributed by atoms with Gasteiger partial charge < -0.3 is 5.73 Å². The minimum atomic E-state index is -4.57. The molecule has 0 amide bonds. The first kappa shape index (κ1) is 13.5. The maximum Gasteiger partial charge on any atom is 0.296 e. The number of carbonyl (C=O) groups excluding carboxylic acids is 2. The van der Waals surface area contributed by atoms with Crippen molar-refractivity contribution in [2.75, 3.05) is 5.73 Å². The average molecular weight is 303 g/mol. The Hall–Kier alpha value is -2.51. The van der Waals surface area contributed by atoms with Crippen LogP contribution in [0.3, 0.4) is 0 Å². The van der Waals surface area contributed by atoms with Gasteiger partial charge in [0.15, 0.2) is 11.6 Å². The lowest BCUT2D eigenvalue weighted by Crippen LogP contribution is -2.22. The monoisotopic (exact) mass is 303 g/mol. The smallest absolute Gasteiger partial charge is 0.296 e. The summed E-state index contributed by atoms with van der Waals surface area (Å²) in [4.78, 5) is 24.1. The fourth-order valence-corrected chi connectivity index (χ4v) is 2.99. The summed E-state index contributed by atoms with van der Waals surface area (Å²) in [6.07, 6.45) is 0. The van der Waals surface area contributed by atoms with Crippen LogP contribution in [0.5, 0.6) is 0 Å². The van der Waals surface area contributed by atoms with Crippen LogP contribution < -0.4 is 5.73 Å². The molecule has 0 fully saturated rings. The van der Waals surface area contributed by atoms with Crippen LogP contribution in [0.2, 0.25) is 0 Å². The number of nitrogens with two attached hydrogens (primary N) is 1. The van der Waals surface area contributed by atoms with Crippen molar-refractivity contribution in [1.29, 1.82) is 0 Å². The summed E-state index contributed by atoms with van der Waals surface area (Å²) in [6.45, 7) is 0. The Balaban J connectivity index is 2.34. The van der Waals surface area contributed by atoms with Crippen molar-refractivity contribution in [3.05, 3.63) is 58.7 Å². The van der Waals surface area contributed by atoms with Crippen molar-refractivity contribution >= 4 is 27.4 Å². The van der Waals surface area contributed by atoms with E-state index in [1.165, 1.54) is 12.1 Å². The molecule has 2 aromatic carbocycles. The van der Waals surface area contributed by atoms with Gasteiger partial charge in [0.05, 0.1) is 5.69 Å². The third-order valence-electron chi connectivity index (χ3n) is 3.33. The lowest BCUT2D eigenvalue weighted by molar-refractivity contribution is 0.0979. The van der Waals surface area contributed by atoms with E-state index in [1.54, 1.807) is 12.1 Å². The van der Waals surface area contributed by atoms with E-state index in [4.69, 9.17) is 10.3 Å². The fourth-order valence-electron chi connectivity index (χ4n) is 2.36. The topological polar surface area (TPSA) is 115 Å². The molecule has 0 aliphatic heterocycles. The van der Waals surface area contributed by atoms with E-state index in [9.17, 15) is 18.0 Å². The van der Waals surface area contributed by atoms with Gasteiger partial charge in [-0.05, 0) is 12.1 Å². The molecule has 0 unspecified atom stereocenters. The van der Waals surface area contributed by atoms with Crippen molar-refractivity contribution in [3.8, 4) is 0 Å². The van der Waals surface area contributed by atoms with E-state index in [-0.39, 0.29) is 27.9 Å². The van der Waals surface area contributed by atoms with Crippen LogP contribution in [-0.2, 0) is 10.1 Å². The van der Waals surface area contributed by atoms with Gasteiger partial charge in [0.2, 0.25) is 0 Å². The van der Waals surface area contributed by atoms with Crippen LogP contribution in [-0.4, -0.2) is 24.5 Å². The maximum atomic E-state index is 12.4. The normalized spacial score (nSPS) is 13.8.